The summed E-state index contributed by atoms with van der Waals surface area (Å²) < 4.78 is 4.80. The lowest BCUT2D eigenvalue weighted by Crippen LogP contribution is -2.29. The average molecular weight is 333 g/mol. The van der Waals surface area contributed by atoms with Crippen molar-refractivity contribution in [3.8, 4) is 0 Å². The molecule has 6 heteroatoms. The van der Waals surface area contributed by atoms with Gasteiger partial charge in [0.1, 0.15) is 6.10 Å². The number of esters is 1. The van der Waals surface area contributed by atoms with E-state index in [1.165, 1.54) is 19.1 Å². The molecule has 2 atom stereocenters. The first kappa shape index (κ1) is 19.6. The van der Waals surface area contributed by atoms with E-state index < -0.39 is 24.0 Å². The summed E-state index contributed by atoms with van der Waals surface area (Å²) in [6, 6.07) is 9.39. The number of carbonyl (C=O) groups is 2. The van der Waals surface area contributed by atoms with Gasteiger partial charge in [0, 0.05) is 25.3 Å². The van der Waals surface area contributed by atoms with Gasteiger partial charge in [-0.25, -0.2) is 9.59 Å². The minimum absolute atomic E-state index is 0.285. The molecule has 0 aromatic heterocycles. The molecule has 1 N–H and O–H groups in total. The van der Waals surface area contributed by atoms with Crippen molar-refractivity contribution in [1.82, 2.24) is 0 Å². The Morgan fingerprint density at radius 3 is 2.54 bits per heavy atom. The van der Waals surface area contributed by atoms with Gasteiger partial charge in [-0.15, -0.1) is 0 Å². The Balaban J connectivity index is 2.86. The smallest absolute Gasteiger partial charge is 0.331 e. The van der Waals surface area contributed by atoms with Crippen LogP contribution in [-0.2, 0) is 25.6 Å². The normalized spacial score (nSPS) is 14.2. The molecule has 0 heterocycles. The van der Waals surface area contributed by atoms with E-state index in [4.69, 9.17) is 4.74 Å². The quantitative estimate of drug-likeness (QED) is 0.259. The molecule has 24 heavy (non-hydrogen) atoms. The topological polar surface area (TPSA) is 85.2 Å². The van der Waals surface area contributed by atoms with Crippen LogP contribution in [0, 0.1) is 5.92 Å². The maximum absolute atomic E-state index is 11.4. The molecule has 0 unspecified atom stereocenters. The number of oxime groups is 1. The Labute approximate surface area is 141 Å². The Morgan fingerprint density at radius 1 is 1.29 bits per heavy atom. The summed E-state index contributed by atoms with van der Waals surface area (Å²) >= 11 is 0. The Bertz CT molecular complexity index is 595. The van der Waals surface area contributed by atoms with Crippen LogP contribution in [0.3, 0.4) is 0 Å². The number of nitrogens with zero attached hydrogens (tertiary/aromatic N) is 1. The van der Waals surface area contributed by atoms with Crippen LogP contribution in [0.4, 0.5) is 0 Å². The second-order valence-electron chi connectivity index (χ2n) is 5.24. The van der Waals surface area contributed by atoms with Crippen LogP contribution < -0.4 is 0 Å². The predicted octanol–water partition coefficient (Wildman–Crippen LogP) is 2.26. The summed E-state index contributed by atoms with van der Waals surface area (Å²) in [5.74, 6) is -1.45. The number of ether oxygens (including phenoxy) is 1. The highest BCUT2D eigenvalue weighted by molar-refractivity contribution is 5.91. The Hall–Kier alpha value is -2.47. The van der Waals surface area contributed by atoms with E-state index in [2.05, 4.69) is 9.99 Å². The summed E-state index contributed by atoms with van der Waals surface area (Å²) in [5, 5.41) is 14.2. The lowest BCUT2D eigenvalue weighted by atomic mass is 9.95. The van der Waals surface area contributed by atoms with E-state index >= 15 is 0 Å². The van der Waals surface area contributed by atoms with Gasteiger partial charge in [0.2, 0.25) is 0 Å². The molecule has 1 aromatic rings. The van der Waals surface area contributed by atoms with Crippen LogP contribution in [0.25, 0.3) is 0 Å². The minimum Gasteiger partial charge on any atom is -0.463 e. The molecule has 0 spiro atoms. The van der Waals surface area contributed by atoms with E-state index in [1.807, 2.05) is 30.3 Å². The van der Waals surface area contributed by atoms with Crippen LogP contribution in [-0.4, -0.2) is 35.5 Å². The van der Waals surface area contributed by atoms with Crippen LogP contribution in [0.5, 0.6) is 0 Å². The number of aliphatic hydroxyl groups is 1. The molecule has 6 nitrogen and oxygen atoms in total. The molecular weight excluding hydrogens is 310 g/mol. The second kappa shape index (κ2) is 10.3. The van der Waals surface area contributed by atoms with E-state index in [1.54, 1.807) is 13.8 Å². The van der Waals surface area contributed by atoms with E-state index in [9.17, 15) is 14.7 Å². The molecule has 0 fully saturated rings. The zero-order valence-electron chi connectivity index (χ0n) is 14.1. The highest BCUT2D eigenvalue weighted by Crippen LogP contribution is 2.12. The van der Waals surface area contributed by atoms with Gasteiger partial charge < -0.3 is 14.7 Å². The Kier molecular flexibility index (Phi) is 8.43. The fourth-order valence-electron chi connectivity index (χ4n) is 1.95. The van der Waals surface area contributed by atoms with Crippen molar-refractivity contribution in [3.63, 3.8) is 0 Å². The first-order valence-electron chi connectivity index (χ1n) is 7.75. The molecule has 130 valence electrons. The van der Waals surface area contributed by atoms with E-state index in [0.717, 1.165) is 5.56 Å². The summed E-state index contributed by atoms with van der Waals surface area (Å²) in [4.78, 5) is 27.0. The second-order valence-corrected chi connectivity index (χ2v) is 5.24. The van der Waals surface area contributed by atoms with Gasteiger partial charge in [-0.2, -0.15) is 0 Å². The van der Waals surface area contributed by atoms with Gasteiger partial charge in [0.15, 0.2) is 0 Å². The van der Waals surface area contributed by atoms with Crippen molar-refractivity contribution < 1.29 is 24.3 Å². The maximum atomic E-state index is 11.4. The number of hydrogen-bond donors (Lipinski definition) is 1. The first-order valence-corrected chi connectivity index (χ1v) is 7.75. The first-order chi connectivity index (χ1) is 11.4. The third-order valence-corrected chi connectivity index (χ3v) is 3.18. The van der Waals surface area contributed by atoms with Crippen LogP contribution in [0.15, 0.2) is 47.6 Å². The van der Waals surface area contributed by atoms with E-state index in [-0.39, 0.29) is 6.61 Å². The van der Waals surface area contributed by atoms with Gasteiger partial charge in [-0.05, 0) is 12.5 Å². The summed E-state index contributed by atoms with van der Waals surface area (Å²) in [6.07, 6.45) is 2.13. The lowest BCUT2D eigenvalue weighted by molar-refractivity contribution is -0.141. The number of aliphatic hydroxyl groups excluding tert-OH is 1. The van der Waals surface area contributed by atoms with Gasteiger partial charge >= 0.3 is 11.9 Å². The van der Waals surface area contributed by atoms with Crippen LogP contribution in [0.1, 0.15) is 26.3 Å². The third-order valence-electron chi connectivity index (χ3n) is 3.18. The van der Waals surface area contributed by atoms with Gasteiger partial charge in [-0.3, -0.25) is 0 Å². The van der Waals surface area contributed by atoms with E-state index in [0.29, 0.717) is 12.1 Å². The summed E-state index contributed by atoms with van der Waals surface area (Å²) in [5.41, 5.74) is 1.22. The van der Waals surface area contributed by atoms with Crippen molar-refractivity contribution in [2.75, 3.05) is 6.61 Å². The van der Waals surface area contributed by atoms with Crippen molar-refractivity contribution in [2.45, 2.75) is 33.3 Å². The largest absolute Gasteiger partial charge is 0.463 e. The van der Waals surface area contributed by atoms with Crippen LogP contribution in [0.2, 0.25) is 0 Å². The van der Waals surface area contributed by atoms with Gasteiger partial charge in [0.25, 0.3) is 0 Å². The standard InChI is InChI=1S/C18H23NO5/c1-4-23-17(21)11-10-13(2)18(22)16(19-24-14(3)20)12-15-8-6-5-7-9-15/h5-11,13,18,22H,4,12H2,1-3H3/b11-10+,19-16-/t13-,18-/m1/s1. The molecule has 0 amide bonds. The van der Waals surface area contributed by atoms with Crippen molar-refractivity contribution in [1.29, 1.82) is 0 Å². The van der Waals surface area contributed by atoms with Crippen molar-refractivity contribution in [2.24, 2.45) is 11.1 Å². The Morgan fingerprint density at radius 2 is 1.96 bits per heavy atom. The molecule has 0 saturated heterocycles. The van der Waals surface area contributed by atoms with Crippen LogP contribution >= 0.6 is 0 Å². The molecule has 0 aliphatic heterocycles. The number of carbonyl (C=O) groups excluding carboxylic acids is 2. The zero-order chi connectivity index (χ0) is 17.9. The lowest BCUT2D eigenvalue weighted by Gasteiger charge is -2.17. The van der Waals surface area contributed by atoms with Gasteiger partial charge in [-0.1, -0.05) is 48.5 Å². The summed E-state index contributed by atoms with van der Waals surface area (Å²) in [7, 11) is 0. The maximum Gasteiger partial charge on any atom is 0.331 e. The third kappa shape index (κ3) is 7.19. The molecule has 1 aromatic carbocycles. The molecule has 0 aliphatic carbocycles. The van der Waals surface area contributed by atoms with Crippen molar-refractivity contribution >= 4 is 17.7 Å². The molecule has 0 bridgehead atoms. The predicted molar refractivity (Wildman–Crippen MR) is 90.3 cm³/mol. The molecule has 1 rings (SSSR count). The SMILES string of the molecule is CCOC(=O)/C=C/[C@@H](C)[C@@H](O)/C(Cc1ccccc1)=N\OC(C)=O. The average Bonchev–Trinajstić information content (AvgIpc) is 2.56. The molecule has 0 radical (unpaired) electrons. The number of hydrogen-bond acceptors (Lipinski definition) is 6. The summed E-state index contributed by atoms with van der Waals surface area (Å²) in [6.45, 7) is 4.97. The minimum atomic E-state index is -1.00. The fraction of sp³-hybridized carbons (Fsp3) is 0.389. The highest BCUT2D eigenvalue weighted by Gasteiger charge is 2.20. The van der Waals surface area contributed by atoms with Crippen molar-refractivity contribution in [3.05, 3.63) is 48.0 Å². The highest BCUT2D eigenvalue weighted by atomic mass is 16.7. The zero-order valence-corrected chi connectivity index (χ0v) is 14.1. The molecular formula is C18H23NO5. The fourth-order valence-corrected chi connectivity index (χ4v) is 1.95. The van der Waals surface area contributed by atoms with Gasteiger partial charge in [0.05, 0.1) is 12.3 Å². The molecule has 0 aliphatic rings. The monoisotopic (exact) mass is 333 g/mol. The molecule has 0 saturated carbocycles. The number of benzene rings is 1. The number of rotatable bonds is 8.